The Morgan fingerprint density at radius 1 is 1.05 bits per heavy atom. The first-order chi connectivity index (χ1) is 9.61. The second kappa shape index (κ2) is 6.35. The van der Waals surface area contributed by atoms with Crippen molar-refractivity contribution in [2.75, 3.05) is 7.11 Å². The van der Waals surface area contributed by atoms with E-state index in [-0.39, 0.29) is 18.2 Å². The summed E-state index contributed by atoms with van der Waals surface area (Å²) in [4.78, 5) is 23.8. The summed E-state index contributed by atoms with van der Waals surface area (Å²) in [5.41, 5.74) is 1.69. The minimum absolute atomic E-state index is 0.0754. The molecule has 20 heavy (non-hydrogen) atoms. The normalized spacial score (nSPS) is 10.1. The van der Waals surface area contributed by atoms with E-state index in [9.17, 15) is 9.59 Å². The van der Waals surface area contributed by atoms with Crippen LogP contribution in [0.2, 0.25) is 5.02 Å². The highest BCUT2D eigenvalue weighted by Gasteiger charge is 2.15. The summed E-state index contributed by atoms with van der Waals surface area (Å²) >= 11 is 5.81. The predicted octanol–water partition coefficient (Wildman–Crippen LogP) is 3.29. The van der Waals surface area contributed by atoms with E-state index < -0.39 is 0 Å². The van der Waals surface area contributed by atoms with E-state index in [1.165, 1.54) is 7.11 Å². The lowest BCUT2D eigenvalue weighted by Crippen LogP contribution is -2.10. The van der Waals surface area contributed by atoms with E-state index in [1.54, 1.807) is 48.5 Å². The third kappa shape index (κ3) is 3.25. The Kier molecular flexibility index (Phi) is 4.53. The lowest BCUT2D eigenvalue weighted by Gasteiger charge is -2.08. The maximum atomic E-state index is 12.5. The van der Waals surface area contributed by atoms with E-state index in [2.05, 4.69) is 4.74 Å². The fourth-order valence-corrected chi connectivity index (χ4v) is 2.01. The van der Waals surface area contributed by atoms with Crippen molar-refractivity contribution in [2.24, 2.45) is 0 Å². The van der Waals surface area contributed by atoms with Crippen molar-refractivity contribution in [1.82, 2.24) is 0 Å². The van der Waals surface area contributed by atoms with Crippen molar-refractivity contribution in [3.8, 4) is 0 Å². The van der Waals surface area contributed by atoms with Crippen LogP contribution in [-0.4, -0.2) is 18.9 Å². The molecule has 0 aliphatic heterocycles. The first kappa shape index (κ1) is 14.3. The van der Waals surface area contributed by atoms with Crippen LogP contribution in [0.25, 0.3) is 0 Å². The minimum Gasteiger partial charge on any atom is -0.469 e. The molecule has 2 aromatic carbocycles. The molecular weight excluding hydrogens is 276 g/mol. The topological polar surface area (TPSA) is 43.4 Å². The molecule has 0 heterocycles. The zero-order chi connectivity index (χ0) is 14.5. The number of rotatable bonds is 4. The van der Waals surface area contributed by atoms with Crippen molar-refractivity contribution in [3.05, 3.63) is 70.2 Å². The van der Waals surface area contributed by atoms with Gasteiger partial charge in [0.2, 0.25) is 0 Å². The lowest BCUT2D eigenvalue weighted by atomic mass is 9.97. The molecule has 102 valence electrons. The van der Waals surface area contributed by atoms with Gasteiger partial charge in [-0.25, -0.2) is 0 Å². The monoisotopic (exact) mass is 288 g/mol. The number of methoxy groups -OCH3 is 1. The van der Waals surface area contributed by atoms with Gasteiger partial charge in [0.1, 0.15) is 0 Å². The van der Waals surface area contributed by atoms with Crippen LogP contribution in [0.4, 0.5) is 0 Å². The third-order valence-corrected chi connectivity index (χ3v) is 3.18. The summed E-state index contributed by atoms with van der Waals surface area (Å²) < 4.78 is 4.64. The molecule has 0 unspecified atom stereocenters. The molecule has 3 nitrogen and oxygen atoms in total. The first-order valence-electron chi connectivity index (χ1n) is 6.07. The van der Waals surface area contributed by atoms with Crippen LogP contribution in [0, 0.1) is 0 Å². The van der Waals surface area contributed by atoms with Gasteiger partial charge >= 0.3 is 5.97 Å². The Bertz CT molecular complexity index is 632. The largest absolute Gasteiger partial charge is 0.469 e. The molecule has 4 heteroatoms. The lowest BCUT2D eigenvalue weighted by molar-refractivity contribution is -0.139. The van der Waals surface area contributed by atoms with Gasteiger partial charge in [-0.1, -0.05) is 35.9 Å². The zero-order valence-corrected chi connectivity index (χ0v) is 11.7. The first-order valence-corrected chi connectivity index (χ1v) is 6.44. The van der Waals surface area contributed by atoms with Gasteiger partial charge in [-0.2, -0.15) is 0 Å². The van der Waals surface area contributed by atoms with Crippen LogP contribution in [0.15, 0.2) is 48.5 Å². The number of carbonyl (C=O) groups excluding carboxylic acids is 2. The van der Waals surface area contributed by atoms with Gasteiger partial charge in [0, 0.05) is 16.1 Å². The molecule has 0 radical (unpaired) electrons. The number of halogens is 1. The summed E-state index contributed by atoms with van der Waals surface area (Å²) in [7, 11) is 1.33. The van der Waals surface area contributed by atoms with Crippen LogP contribution in [0.1, 0.15) is 21.5 Å². The van der Waals surface area contributed by atoms with E-state index in [0.717, 1.165) is 0 Å². The van der Waals surface area contributed by atoms with Gasteiger partial charge in [-0.15, -0.1) is 0 Å². The van der Waals surface area contributed by atoms with Crippen LogP contribution in [0.5, 0.6) is 0 Å². The van der Waals surface area contributed by atoms with Crippen molar-refractivity contribution < 1.29 is 14.3 Å². The molecule has 0 bridgehead atoms. The molecule has 0 atom stereocenters. The molecule has 0 aliphatic carbocycles. The number of carbonyl (C=O) groups is 2. The second-order valence-electron chi connectivity index (χ2n) is 4.25. The van der Waals surface area contributed by atoms with Gasteiger partial charge in [0.25, 0.3) is 0 Å². The van der Waals surface area contributed by atoms with E-state index in [4.69, 9.17) is 11.6 Å². The average molecular weight is 289 g/mol. The quantitative estimate of drug-likeness (QED) is 0.640. The fraction of sp³-hybridized carbons (Fsp3) is 0.125. The molecular formula is C16H13ClO3. The number of esters is 1. The van der Waals surface area contributed by atoms with Gasteiger partial charge in [-0.3, -0.25) is 9.59 Å². The van der Waals surface area contributed by atoms with Crippen LogP contribution in [0.3, 0.4) is 0 Å². The Balaban J connectivity index is 2.34. The molecule has 2 aromatic rings. The molecule has 0 N–H and O–H groups in total. The minimum atomic E-state index is -0.374. The van der Waals surface area contributed by atoms with Gasteiger partial charge in [0.05, 0.1) is 13.5 Å². The van der Waals surface area contributed by atoms with Crippen molar-refractivity contribution in [2.45, 2.75) is 6.42 Å². The number of benzene rings is 2. The highest BCUT2D eigenvalue weighted by Crippen LogP contribution is 2.17. The molecule has 0 amide bonds. The van der Waals surface area contributed by atoms with Crippen LogP contribution in [-0.2, 0) is 16.0 Å². The Morgan fingerprint density at radius 3 is 2.35 bits per heavy atom. The zero-order valence-electron chi connectivity index (χ0n) is 10.9. The maximum absolute atomic E-state index is 12.5. The molecule has 0 spiro atoms. The number of hydrogen-bond donors (Lipinski definition) is 0. The summed E-state index contributed by atoms with van der Waals surface area (Å²) in [6, 6.07) is 13.7. The Morgan fingerprint density at radius 2 is 1.70 bits per heavy atom. The van der Waals surface area contributed by atoms with Gasteiger partial charge in [-0.05, 0) is 29.8 Å². The summed E-state index contributed by atoms with van der Waals surface area (Å²) in [5.74, 6) is -0.512. The second-order valence-corrected chi connectivity index (χ2v) is 4.68. The highest BCUT2D eigenvalue weighted by atomic mass is 35.5. The molecule has 0 fully saturated rings. The molecule has 0 saturated heterocycles. The maximum Gasteiger partial charge on any atom is 0.310 e. The van der Waals surface area contributed by atoms with Crippen molar-refractivity contribution >= 4 is 23.4 Å². The van der Waals surface area contributed by atoms with Gasteiger partial charge in [0.15, 0.2) is 5.78 Å². The molecule has 0 aromatic heterocycles. The van der Waals surface area contributed by atoms with Gasteiger partial charge < -0.3 is 4.74 Å². The highest BCUT2D eigenvalue weighted by molar-refractivity contribution is 6.30. The third-order valence-electron chi connectivity index (χ3n) is 2.93. The standard InChI is InChI=1S/C16H13ClO3/c1-20-15(18)10-12-4-2-3-5-14(12)16(19)11-6-8-13(17)9-7-11/h2-9H,10H2,1H3. The molecule has 2 rings (SSSR count). The summed E-state index contributed by atoms with van der Waals surface area (Å²) in [6.45, 7) is 0. The van der Waals surface area contributed by atoms with E-state index in [1.807, 2.05) is 0 Å². The molecule has 0 aliphatic rings. The number of ether oxygens (including phenoxy) is 1. The van der Waals surface area contributed by atoms with Crippen LogP contribution >= 0.6 is 11.6 Å². The Hall–Kier alpha value is -2.13. The Labute approximate surface area is 122 Å². The summed E-state index contributed by atoms with van der Waals surface area (Å²) in [6.07, 6.45) is 0.0754. The smallest absolute Gasteiger partial charge is 0.310 e. The van der Waals surface area contributed by atoms with Crippen molar-refractivity contribution in [3.63, 3.8) is 0 Å². The molecule has 0 saturated carbocycles. The van der Waals surface area contributed by atoms with E-state index >= 15 is 0 Å². The SMILES string of the molecule is COC(=O)Cc1ccccc1C(=O)c1ccc(Cl)cc1. The number of ketones is 1. The predicted molar refractivity (Wildman–Crippen MR) is 77.0 cm³/mol. The summed E-state index contributed by atoms with van der Waals surface area (Å²) in [5, 5.41) is 0.574. The van der Waals surface area contributed by atoms with Crippen molar-refractivity contribution in [1.29, 1.82) is 0 Å². The number of hydrogen-bond acceptors (Lipinski definition) is 3. The fourth-order valence-electron chi connectivity index (χ4n) is 1.88. The van der Waals surface area contributed by atoms with Crippen LogP contribution < -0.4 is 0 Å². The average Bonchev–Trinajstić information content (AvgIpc) is 2.48. The van der Waals surface area contributed by atoms with E-state index in [0.29, 0.717) is 21.7 Å².